The number of nitrogens with two attached hydrogens (primary N) is 2. The average Bonchev–Trinajstić information content (AvgIpc) is 2.72. The molecule has 0 fully saturated rings. The van der Waals surface area contributed by atoms with Crippen molar-refractivity contribution in [2.75, 3.05) is 11.5 Å². The SMILES string of the molecule is Nc1nnc(CCc2nnc(N)s2)s1. The Morgan fingerprint density at radius 1 is 0.786 bits per heavy atom. The zero-order chi connectivity index (χ0) is 9.97. The Labute approximate surface area is 88.0 Å². The van der Waals surface area contributed by atoms with Crippen molar-refractivity contribution in [3.63, 3.8) is 0 Å². The van der Waals surface area contributed by atoms with E-state index >= 15 is 0 Å². The third kappa shape index (κ3) is 2.15. The van der Waals surface area contributed by atoms with Crippen LogP contribution < -0.4 is 11.5 Å². The summed E-state index contributed by atoms with van der Waals surface area (Å²) in [6, 6.07) is 0. The molecule has 0 saturated carbocycles. The van der Waals surface area contributed by atoms with Crippen LogP contribution in [0.5, 0.6) is 0 Å². The van der Waals surface area contributed by atoms with E-state index in [4.69, 9.17) is 11.5 Å². The number of nitrogen functional groups attached to an aromatic ring is 2. The van der Waals surface area contributed by atoms with E-state index in [2.05, 4.69) is 20.4 Å². The number of anilines is 2. The van der Waals surface area contributed by atoms with E-state index < -0.39 is 0 Å². The first-order valence-electron chi connectivity index (χ1n) is 3.90. The van der Waals surface area contributed by atoms with Crippen molar-refractivity contribution >= 4 is 32.9 Å². The molecule has 0 aromatic carbocycles. The van der Waals surface area contributed by atoms with Crippen LogP contribution >= 0.6 is 22.7 Å². The molecule has 0 saturated heterocycles. The van der Waals surface area contributed by atoms with Crippen molar-refractivity contribution < 1.29 is 0 Å². The second-order valence-corrected chi connectivity index (χ2v) is 4.76. The molecular formula is C6H8N6S2. The molecular weight excluding hydrogens is 220 g/mol. The van der Waals surface area contributed by atoms with Gasteiger partial charge in [0.05, 0.1) is 0 Å². The molecule has 14 heavy (non-hydrogen) atoms. The first-order chi connectivity index (χ1) is 6.74. The van der Waals surface area contributed by atoms with Gasteiger partial charge in [0.1, 0.15) is 10.0 Å². The number of nitrogens with zero attached hydrogens (tertiary/aromatic N) is 4. The molecule has 0 radical (unpaired) electrons. The van der Waals surface area contributed by atoms with Gasteiger partial charge in [-0.25, -0.2) is 0 Å². The highest BCUT2D eigenvalue weighted by Crippen LogP contribution is 2.16. The Hall–Kier alpha value is -1.28. The van der Waals surface area contributed by atoms with Crippen LogP contribution in [-0.2, 0) is 12.8 Å². The largest absolute Gasteiger partial charge is 0.374 e. The molecule has 0 aliphatic rings. The van der Waals surface area contributed by atoms with Crippen LogP contribution in [0.25, 0.3) is 0 Å². The molecule has 0 aliphatic heterocycles. The second-order valence-electron chi connectivity index (χ2n) is 2.57. The minimum Gasteiger partial charge on any atom is -0.374 e. The van der Waals surface area contributed by atoms with Crippen molar-refractivity contribution in [1.29, 1.82) is 0 Å². The molecule has 6 nitrogen and oxygen atoms in total. The summed E-state index contributed by atoms with van der Waals surface area (Å²) in [7, 11) is 0. The predicted octanol–water partition coefficient (Wildman–Crippen LogP) is 0.339. The van der Waals surface area contributed by atoms with Gasteiger partial charge >= 0.3 is 0 Å². The Morgan fingerprint density at radius 2 is 1.21 bits per heavy atom. The van der Waals surface area contributed by atoms with Crippen LogP contribution in [0.15, 0.2) is 0 Å². The van der Waals surface area contributed by atoms with E-state index in [1.54, 1.807) is 0 Å². The van der Waals surface area contributed by atoms with Gasteiger partial charge in [-0.15, -0.1) is 20.4 Å². The summed E-state index contributed by atoms with van der Waals surface area (Å²) in [4.78, 5) is 0. The molecule has 0 spiro atoms. The van der Waals surface area contributed by atoms with Gasteiger partial charge in [-0.1, -0.05) is 22.7 Å². The summed E-state index contributed by atoms with van der Waals surface area (Å²) in [5.41, 5.74) is 10.9. The summed E-state index contributed by atoms with van der Waals surface area (Å²) < 4.78 is 0. The Kier molecular flexibility index (Phi) is 2.55. The normalized spacial score (nSPS) is 10.6. The first-order valence-corrected chi connectivity index (χ1v) is 5.53. The fourth-order valence-electron chi connectivity index (χ4n) is 0.949. The fraction of sp³-hybridized carbons (Fsp3) is 0.333. The fourth-order valence-corrected chi connectivity index (χ4v) is 2.17. The monoisotopic (exact) mass is 228 g/mol. The molecule has 0 atom stereocenters. The van der Waals surface area contributed by atoms with E-state index in [0.29, 0.717) is 10.3 Å². The molecule has 2 rings (SSSR count). The minimum atomic E-state index is 0.497. The molecule has 2 aromatic heterocycles. The van der Waals surface area contributed by atoms with Gasteiger partial charge < -0.3 is 11.5 Å². The zero-order valence-corrected chi connectivity index (χ0v) is 8.81. The maximum absolute atomic E-state index is 5.45. The third-order valence-electron chi connectivity index (χ3n) is 1.52. The summed E-state index contributed by atoms with van der Waals surface area (Å²) in [5, 5.41) is 18.1. The highest BCUT2D eigenvalue weighted by atomic mass is 32.1. The molecule has 2 aromatic rings. The van der Waals surface area contributed by atoms with E-state index in [1.165, 1.54) is 22.7 Å². The minimum absolute atomic E-state index is 0.497. The Bertz CT molecular complexity index is 381. The van der Waals surface area contributed by atoms with Gasteiger partial charge in [-0.2, -0.15) is 0 Å². The third-order valence-corrected chi connectivity index (χ3v) is 3.14. The maximum Gasteiger partial charge on any atom is 0.203 e. The van der Waals surface area contributed by atoms with Crippen molar-refractivity contribution in [2.45, 2.75) is 12.8 Å². The molecule has 8 heteroatoms. The number of hydrogen-bond acceptors (Lipinski definition) is 8. The molecule has 74 valence electrons. The van der Waals surface area contributed by atoms with Crippen molar-refractivity contribution in [3.05, 3.63) is 10.0 Å². The topological polar surface area (TPSA) is 104 Å². The van der Waals surface area contributed by atoms with Crippen molar-refractivity contribution in [3.8, 4) is 0 Å². The van der Waals surface area contributed by atoms with Crippen LogP contribution in [0, 0.1) is 0 Å². The van der Waals surface area contributed by atoms with Gasteiger partial charge in [-0.05, 0) is 0 Å². The van der Waals surface area contributed by atoms with E-state index in [1.807, 2.05) is 0 Å². The highest BCUT2D eigenvalue weighted by Gasteiger charge is 2.04. The first kappa shape index (κ1) is 9.28. The van der Waals surface area contributed by atoms with E-state index in [-0.39, 0.29) is 0 Å². The number of rotatable bonds is 3. The Morgan fingerprint density at radius 3 is 1.50 bits per heavy atom. The van der Waals surface area contributed by atoms with Gasteiger partial charge in [0, 0.05) is 12.8 Å². The maximum atomic E-state index is 5.45. The average molecular weight is 228 g/mol. The van der Waals surface area contributed by atoms with Crippen molar-refractivity contribution in [1.82, 2.24) is 20.4 Å². The number of aromatic nitrogens is 4. The predicted molar refractivity (Wildman–Crippen MR) is 56.1 cm³/mol. The van der Waals surface area contributed by atoms with E-state index in [0.717, 1.165) is 22.9 Å². The summed E-state index contributed by atoms with van der Waals surface area (Å²) in [6.07, 6.45) is 1.56. The smallest absolute Gasteiger partial charge is 0.203 e. The van der Waals surface area contributed by atoms with Crippen LogP contribution in [-0.4, -0.2) is 20.4 Å². The van der Waals surface area contributed by atoms with Gasteiger partial charge in [0.25, 0.3) is 0 Å². The molecule has 0 bridgehead atoms. The number of hydrogen-bond donors (Lipinski definition) is 2. The molecule has 0 aliphatic carbocycles. The summed E-state index contributed by atoms with van der Waals surface area (Å²) in [5.74, 6) is 0. The van der Waals surface area contributed by atoms with Gasteiger partial charge in [0.15, 0.2) is 0 Å². The lowest BCUT2D eigenvalue weighted by Gasteiger charge is -1.89. The van der Waals surface area contributed by atoms with Gasteiger partial charge in [0.2, 0.25) is 10.3 Å². The lowest BCUT2D eigenvalue weighted by Crippen LogP contribution is -1.90. The summed E-state index contributed by atoms with van der Waals surface area (Å²) >= 11 is 2.79. The van der Waals surface area contributed by atoms with Crippen LogP contribution in [0.3, 0.4) is 0 Å². The Balaban J connectivity index is 1.94. The molecule has 0 unspecified atom stereocenters. The lowest BCUT2D eigenvalue weighted by molar-refractivity contribution is 0.875. The van der Waals surface area contributed by atoms with Crippen LogP contribution in [0.2, 0.25) is 0 Å². The standard InChI is InChI=1S/C6H8N6S2/c7-5-11-9-3(13-5)1-2-4-10-12-6(8)14-4/h1-2H2,(H2,7,11)(H2,8,12). The lowest BCUT2D eigenvalue weighted by atomic mass is 10.3. The van der Waals surface area contributed by atoms with Crippen LogP contribution in [0.1, 0.15) is 10.0 Å². The zero-order valence-electron chi connectivity index (χ0n) is 7.17. The molecule has 0 amide bonds. The molecule has 2 heterocycles. The quantitative estimate of drug-likeness (QED) is 0.785. The second kappa shape index (κ2) is 3.84. The van der Waals surface area contributed by atoms with E-state index in [9.17, 15) is 0 Å². The van der Waals surface area contributed by atoms with Crippen LogP contribution in [0.4, 0.5) is 10.3 Å². The van der Waals surface area contributed by atoms with Crippen molar-refractivity contribution in [2.24, 2.45) is 0 Å². The van der Waals surface area contributed by atoms with Gasteiger partial charge in [-0.3, -0.25) is 0 Å². The highest BCUT2D eigenvalue weighted by molar-refractivity contribution is 7.15. The number of aryl methyl sites for hydroxylation is 2. The summed E-state index contributed by atoms with van der Waals surface area (Å²) in [6.45, 7) is 0. The molecule has 4 N–H and O–H groups in total.